The number of hydrogen-bond donors (Lipinski definition) is 0. The molecule has 0 saturated heterocycles. The molecular weight excluding hydrogens is 196 g/mol. The predicted molar refractivity (Wildman–Crippen MR) is 57.9 cm³/mol. The van der Waals surface area contributed by atoms with Gasteiger partial charge in [0.15, 0.2) is 0 Å². The lowest BCUT2D eigenvalue weighted by atomic mass is 10.2. The van der Waals surface area contributed by atoms with Crippen molar-refractivity contribution < 1.29 is 9.53 Å². The number of esters is 1. The van der Waals surface area contributed by atoms with Crippen molar-refractivity contribution in [1.82, 2.24) is 0 Å². The van der Waals surface area contributed by atoms with Crippen molar-refractivity contribution in [3.8, 4) is 5.75 Å². The van der Waals surface area contributed by atoms with Gasteiger partial charge in [-0.3, -0.25) is 4.79 Å². The van der Waals surface area contributed by atoms with Gasteiger partial charge >= 0.3 is 5.97 Å². The highest BCUT2D eigenvalue weighted by molar-refractivity contribution is 7.17. The Kier molecular flexibility index (Phi) is 2.25. The number of carbonyl (C=O) groups excluding carboxylic acids is 1. The average Bonchev–Trinajstić information content (AvgIpc) is 2.49. The van der Waals surface area contributed by atoms with E-state index in [0.717, 1.165) is 10.1 Å². The number of benzene rings is 1. The minimum atomic E-state index is -0.274. The molecule has 0 spiro atoms. The first-order chi connectivity index (χ1) is 6.68. The minimum Gasteiger partial charge on any atom is -0.425 e. The van der Waals surface area contributed by atoms with Crippen molar-refractivity contribution in [3.05, 3.63) is 29.1 Å². The van der Waals surface area contributed by atoms with Crippen LogP contribution in [0.25, 0.3) is 10.1 Å². The van der Waals surface area contributed by atoms with Gasteiger partial charge in [0.25, 0.3) is 0 Å². The van der Waals surface area contributed by atoms with E-state index in [2.05, 4.69) is 12.3 Å². The summed E-state index contributed by atoms with van der Waals surface area (Å²) in [6, 6.07) is 5.76. The van der Waals surface area contributed by atoms with Crippen LogP contribution in [0, 0.1) is 6.92 Å². The SMILES string of the molecule is CC(=O)Oc1cccc2c(C)csc12. The van der Waals surface area contributed by atoms with Crippen molar-refractivity contribution in [2.24, 2.45) is 0 Å². The second kappa shape index (κ2) is 3.42. The van der Waals surface area contributed by atoms with E-state index in [0.29, 0.717) is 5.75 Å². The van der Waals surface area contributed by atoms with Crippen LogP contribution in [0.2, 0.25) is 0 Å². The normalized spacial score (nSPS) is 10.4. The zero-order valence-electron chi connectivity index (χ0n) is 8.03. The number of aryl methyl sites for hydroxylation is 1. The third-order valence-electron chi connectivity index (χ3n) is 2.01. The number of carbonyl (C=O) groups is 1. The van der Waals surface area contributed by atoms with E-state index in [-0.39, 0.29) is 5.97 Å². The highest BCUT2D eigenvalue weighted by Crippen LogP contribution is 2.33. The zero-order valence-corrected chi connectivity index (χ0v) is 8.85. The first kappa shape index (κ1) is 9.21. The molecule has 1 aromatic carbocycles. The van der Waals surface area contributed by atoms with Crippen molar-refractivity contribution in [3.63, 3.8) is 0 Å². The lowest BCUT2D eigenvalue weighted by Crippen LogP contribution is -2.00. The van der Waals surface area contributed by atoms with Crippen LogP contribution in [0.4, 0.5) is 0 Å². The van der Waals surface area contributed by atoms with Crippen LogP contribution in [-0.2, 0) is 4.79 Å². The van der Waals surface area contributed by atoms with Gasteiger partial charge in [-0.25, -0.2) is 0 Å². The lowest BCUT2D eigenvalue weighted by Gasteiger charge is -2.01. The molecule has 2 aromatic rings. The number of ether oxygens (including phenoxy) is 1. The molecule has 0 amide bonds. The van der Waals surface area contributed by atoms with E-state index < -0.39 is 0 Å². The van der Waals surface area contributed by atoms with Crippen LogP contribution in [-0.4, -0.2) is 5.97 Å². The molecule has 0 aliphatic rings. The molecule has 0 atom stereocenters. The summed E-state index contributed by atoms with van der Waals surface area (Å²) in [5.41, 5.74) is 1.22. The molecule has 0 aliphatic carbocycles. The molecule has 0 radical (unpaired) electrons. The van der Waals surface area contributed by atoms with Crippen LogP contribution in [0.5, 0.6) is 5.75 Å². The Hall–Kier alpha value is -1.35. The van der Waals surface area contributed by atoms with Crippen molar-refractivity contribution in [2.75, 3.05) is 0 Å². The first-order valence-electron chi connectivity index (χ1n) is 4.33. The average molecular weight is 206 g/mol. The molecule has 72 valence electrons. The third kappa shape index (κ3) is 1.51. The van der Waals surface area contributed by atoms with Crippen LogP contribution in [0.15, 0.2) is 23.6 Å². The van der Waals surface area contributed by atoms with Crippen LogP contribution >= 0.6 is 11.3 Å². The van der Waals surface area contributed by atoms with Crippen LogP contribution in [0.1, 0.15) is 12.5 Å². The number of thiophene rings is 1. The highest BCUT2D eigenvalue weighted by Gasteiger charge is 2.07. The summed E-state index contributed by atoms with van der Waals surface area (Å²) in [5.74, 6) is 0.386. The van der Waals surface area contributed by atoms with Crippen LogP contribution in [0.3, 0.4) is 0 Å². The van der Waals surface area contributed by atoms with Gasteiger partial charge in [0, 0.05) is 6.92 Å². The summed E-state index contributed by atoms with van der Waals surface area (Å²) in [6.45, 7) is 3.47. The van der Waals surface area contributed by atoms with E-state index in [9.17, 15) is 4.79 Å². The monoisotopic (exact) mass is 206 g/mol. The van der Waals surface area contributed by atoms with Gasteiger partial charge in [0.2, 0.25) is 0 Å². The predicted octanol–water partition coefficient (Wildman–Crippen LogP) is 3.14. The van der Waals surface area contributed by atoms with E-state index in [1.54, 1.807) is 11.3 Å². The maximum Gasteiger partial charge on any atom is 0.308 e. The molecule has 0 N–H and O–H groups in total. The van der Waals surface area contributed by atoms with Gasteiger partial charge in [0.1, 0.15) is 5.75 Å². The Morgan fingerprint density at radius 3 is 2.93 bits per heavy atom. The van der Waals surface area contributed by atoms with Gasteiger partial charge in [0.05, 0.1) is 4.70 Å². The molecule has 0 aliphatic heterocycles. The Morgan fingerprint density at radius 2 is 2.21 bits per heavy atom. The van der Waals surface area contributed by atoms with E-state index in [1.165, 1.54) is 12.5 Å². The maximum absolute atomic E-state index is 10.8. The molecule has 14 heavy (non-hydrogen) atoms. The summed E-state index contributed by atoms with van der Waals surface area (Å²) in [5, 5.41) is 3.23. The van der Waals surface area contributed by atoms with E-state index in [4.69, 9.17) is 4.74 Å². The van der Waals surface area contributed by atoms with Gasteiger partial charge in [-0.05, 0) is 29.3 Å². The Balaban J connectivity index is 2.59. The third-order valence-corrected chi connectivity index (χ3v) is 3.14. The Morgan fingerprint density at radius 1 is 1.43 bits per heavy atom. The largest absolute Gasteiger partial charge is 0.425 e. The Bertz CT molecular complexity index is 485. The van der Waals surface area contributed by atoms with Gasteiger partial charge < -0.3 is 4.74 Å². The standard InChI is InChI=1S/C11H10O2S/c1-7-6-14-11-9(7)4-3-5-10(11)13-8(2)12/h3-6H,1-2H3. The Labute approximate surface area is 86.1 Å². The van der Waals surface area contributed by atoms with Crippen molar-refractivity contribution in [1.29, 1.82) is 0 Å². The molecule has 2 rings (SSSR count). The number of fused-ring (bicyclic) bond motifs is 1. The molecule has 1 aromatic heterocycles. The highest BCUT2D eigenvalue weighted by atomic mass is 32.1. The summed E-state index contributed by atoms with van der Waals surface area (Å²) < 4.78 is 6.15. The van der Waals surface area contributed by atoms with E-state index >= 15 is 0 Å². The molecule has 0 unspecified atom stereocenters. The summed E-state index contributed by atoms with van der Waals surface area (Å²) in [4.78, 5) is 10.8. The van der Waals surface area contributed by atoms with Crippen LogP contribution < -0.4 is 4.74 Å². The minimum absolute atomic E-state index is 0.274. The van der Waals surface area contributed by atoms with E-state index in [1.807, 2.05) is 18.2 Å². The zero-order chi connectivity index (χ0) is 10.1. The fraction of sp³-hybridized carbons (Fsp3) is 0.182. The summed E-state index contributed by atoms with van der Waals surface area (Å²) >= 11 is 1.61. The number of hydrogen-bond acceptors (Lipinski definition) is 3. The topological polar surface area (TPSA) is 26.3 Å². The molecular formula is C11H10O2S. The maximum atomic E-state index is 10.8. The fourth-order valence-corrected chi connectivity index (χ4v) is 2.40. The molecule has 0 saturated carbocycles. The van der Waals surface area contributed by atoms with Crippen molar-refractivity contribution >= 4 is 27.4 Å². The molecule has 2 nitrogen and oxygen atoms in total. The molecule has 3 heteroatoms. The molecule has 0 fully saturated rings. The quantitative estimate of drug-likeness (QED) is 0.529. The smallest absolute Gasteiger partial charge is 0.308 e. The lowest BCUT2D eigenvalue weighted by molar-refractivity contribution is -0.131. The molecule has 0 bridgehead atoms. The molecule has 1 heterocycles. The van der Waals surface area contributed by atoms with Gasteiger partial charge in [-0.15, -0.1) is 11.3 Å². The van der Waals surface area contributed by atoms with Crippen molar-refractivity contribution in [2.45, 2.75) is 13.8 Å². The first-order valence-corrected chi connectivity index (χ1v) is 5.21. The summed E-state index contributed by atoms with van der Waals surface area (Å²) in [7, 11) is 0. The summed E-state index contributed by atoms with van der Waals surface area (Å²) in [6.07, 6.45) is 0. The van der Waals surface area contributed by atoms with Gasteiger partial charge in [-0.1, -0.05) is 12.1 Å². The second-order valence-corrected chi connectivity index (χ2v) is 4.02. The second-order valence-electron chi connectivity index (χ2n) is 3.15. The fourth-order valence-electron chi connectivity index (χ4n) is 1.39. The number of rotatable bonds is 1. The van der Waals surface area contributed by atoms with Gasteiger partial charge in [-0.2, -0.15) is 0 Å².